The van der Waals surface area contributed by atoms with E-state index in [1.807, 2.05) is 30.3 Å². The summed E-state index contributed by atoms with van der Waals surface area (Å²) in [5.74, 6) is -0.340. The van der Waals surface area contributed by atoms with Crippen molar-refractivity contribution in [3.05, 3.63) is 76.1 Å². The Morgan fingerprint density at radius 1 is 1.07 bits per heavy atom. The number of nitrogens with one attached hydrogen (secondary N) is 1. The summed E-state index contributed by atoms with van der Waals surface area (Å²) in [7, 11) is 0. The van der Waals surface area contributed by atoms with Gasteiger partial charge in [-0.1, -0.05) is 30.3 Å². The molecule has 4 rings (SSSR count). The van der Waals surface area contributed by atoms with Gasteiger partial charge in [0.2, 0.25) is 5.91 Å². The van der Waals surface area contributed by atoms with Crippen LogP contribution in [0.15, 0.2) is 63.8 Å². The van der Waals surface area contributed by atoms with Crippen molar-refractivity contribution in [2.75, 3.05) is 11.4 Å². The minimum atomic E-state index is -0.658. The Balaban J connectivity index is 1.45. The third kappa shape index (κ3) is 3.46. The molecule has 0 aliphatic carbocycles. The van der Waals surface area contributed by atoms with Crippen molar-refractivity contribution < 1.29 is 14.0 Å². The van der Waals surface area contributed by atoms with Crippen LogP contribution in [0.2, 0.25) is 0 Å². The van der Waals surface area contributed by atoms with Crippen LogP contribution in [0.5, 0.6) is 0 Å². The summed E-state index contributed by atoms with van der Waals surface area (Å²) in [6.07, 6.45) is 1.47. The Morgan fingerprint density at radius 2 is 1.85 bits per heavy atom. The van der Waals surface area contributed by atoms with Crippen molar-refractivity contribution in [2.45, 2.75) is 19.4 Å². The molecule has 1 N–H and O–H groups in total. The van der Waals surface area contributed by atoms with Gasteiger partial charge in [-0.2, -0.15) is 0 Å². The van der Waals surface area contributed by atoms with Crippen LogP contribution in [-0.4, -0.2) is 18.4 Å². The van der Waals surface area contributed by atoms with E-state index in [9.17, 15) is 14.4 Å². The molecule has 6 nitrogen and oxygen atoms in total. The van der Waals surface area contributed by atoms with Crippen LogP contribution < -0.4 is 15.8 Å². The molecular weight excluding hydrogens is 344 g/mol. The number of fused-ring (bicyclic) bond motifs is 1. The number of hydrogen-bond acceptors (Lipinski definition) is 4. The molecule has 0 unspecified atom stereocenters. The molecule has 1 aromatic heterocycles. The van der Waals surface area contributed by atoms with Crippen molar-refractivity contribution in [1.82, 2.24) is 5.32 Å². The highest BCUT2D eigenvalue weighted by atomic mass is 16.4. The van der Waals surface area contributed by atoms with E-state index in [1.54, 1.807) is 29.2 Å². The minimum absolute atomic E-state index is 0.0204. The van der Waals surface area contributed by atoms with Crippen molar-refractivity contribution in [3.63, 3.8) is 0 Å². The highest BCUT2D eigenvalue weighted by Gasteiger charge is 2.21. The largest absolute Gasteiger partial charge is 0.422 e. The molecular formula is C21H18N2O4. The number of benzene rings is 2. The second kappa shape index (κ2) is 7.07. The number of carbonyl (C=O) groups is 2. The number of carbonyl (C=O) groups excluding carboxylic acids is 2. The zero-order valence-corrected chi connectivity index (χ0v) is 14.6. The Hall–Kier alpha value is -3.41. The van der Waals surface area contributed by atoms with E-state index in [0.29, 0.717) is 17.4 Å². The van der Waals surface area contributed by atoms with Crippen molar-refractivity contribution in [1.29, 1.82) is 0 Å². The van der Waals surface area contributed by atoms with Crippen LogP contribution in [-0.2, 0) is 11.3 Å². The maximum absolute atomic E-state index is 12.4. The van der Waals surface area contributed by atoms with E-state index < -0.39 is 11.5 Å². The van der Waals surface area contributed by atoms with Gasteiger partial charge in [0.15, 0.2) is 0 Å². The molecule has 0 saturated carbocycles. The van der Waals surface area contributed by atoms with Crippen LogP contribution in [0.1, 0.15) is 28.8 Å². The molecule has 0 atom stereocenters. The fraction of sp³-hybridized carbons (Fsp3) is 0.190. The lowest BCUT2D eigenvalue weighted by atomic mass is 10.1. The standard InChI is InChI=1S/C21H18N2O4/c24-19-6-3-11-23(19)16-9-7-14(8-10-16)13-22-20(25)17-12-15-4-1-2-5-18(15)27-21(17)26/h1-2,4-5,7-10,12H,3,6,11,13H2,(H,22,25). The first-order valence-corrected chi connectivity index (χ1v) is 8.82. The van der Waals surface area contributed by atoms with Crippen molar-refractivity contribution in [2.24, 2.45) is 0 Å². The van der Waals surface area contributed by atoms with Crippen molar-refractivity contribution in [3.8, 4) is 0 Å². The van der Waals surface area contributed by atoms with Gasteiger partial charge >= 0.3 is 5.63 Å². The molecule has 0 spiro atoms. The van der Waals surface area contributed by atoms with E-state index in [-0.39, 0.29) is 18.0 Å². The van der Waals surface area contributed by atoms with E-state index in [4.69, 9.17) is 4.42 Å². The third-order valence-electron chi connectivity index (χ3n) is 4.66. The lowest BCUT2D eigenvalue weighted by Gasteiger charge is -2.16. The van der Waals surface area contributed by atoms with Gasteiger partial charge < -0.3 is 14.6 Å². The highest BCUT2D eigenvalue weighted by Crippen LogP contribution is 2.21. The fourth-order valence-corrected chi connectivity index (χ4v) is 3.21. The summed E-state index contributed by atoms with van der Waals surface area (Å²) >= 11 is 0. The van der Waals surface area contributed by atoms with Crippen LogP contribution >= 0.6 is 0 Å². The zero-order valence-electron chi connectivity index (χ0n) is 14.6. The topological polar surface area (TPSA) is 79.6 Å². The number of amides is 2. The fourth-order valence-electron chi connectivity index (χ4n) is 3.21. The molecule has 6 heteroatoms. The third-order valence-corrected chi connectivity index (χ3v) is 4.66. The SMILES string of the molecule is O=C(NCc1ccc(N2CCCC2=O)cc1)c1cc2ccccc2oc1=O. The summed E-state index contributed by atoms with van der Waals surface area (Å²) in [5, 5.41) is 3.44. The molecule has 2 aromatic carbocycles. The quantitative estimate of drug-likeness (QED) is 0.724. The molecule has 3 aromatic rings. The van der Waals surface area contributed by atoms with Crippen LogP contribution in [0.25, 0.3) is 11.0 Å². The predicted octanol–water partition coefficient (Wildman–Crippen LogP) is 2.85. The van der Waals surface area contributed by atoms with Gasteiger partial charge in [-0.05, 0) is 36.2 Å². The molecule has 27 heavy (non-hydrogen) atoms. The first-order valence-electron chi connectivity index (χ1n) is 8.82. The minimum Gasteiger partial charge on any atom is -0.422 e. The average Bonchev–Trinajstić information content (AvgIpc) is 3.12. The number of rotatable bonds is 4. The molecule has 136 valence electrons. The Kier molecular flexibility index (Phi) is 4.46. The Labute approximate surface area is 155 Å². The van der Waals surface area contributed by atoms with E-state index >= 15 is 0 Å². The van der Waals surface area contributed by atoms with Crippen molar-refractivity contribution >= 4 is 28.5 Å². The molecule has 1 saturated heterocycles. The van der Waals surface area contributed by atoms with Gasteiger partial charge in [0, 0.05) is 30.6 Å². The van der Waals surface area contributed by atoms with Crippen LogP contribution in [0, 0.1) is 0 Å². The second-order valence-electron chi connectivity index (χ2n) is 6.48. The molecule has 0 bridgehead atoms. The summed E-state index contributed by atoms with van der Waals surface area (Å²) in [6, 6.07) is 16.1. The summed E-state index contributed by atoms with van der Waals surface area (Å²) < 4.78 is 5.19. The van der Waals surface area contributed by atoms with E-state index in [0.717, 1.165) is 24.2 Å². The van der Waals surface area contributed by atoms with Gasteiger partial charge in [0.25, 0.3) is 5.91 Å². The summed E-state index contributed by atoms with van der Waals surface area (Å²) in [4.78, 5) is 38.0. The first-order chi connectivity index (χ1) is 13.1. The molecule has 2 heterocycles. The van der Waals surface area contributed by atoms with E-state index in [1.165, 1.54) is 0 Å². The van der Waals surface area contributed by atoms with Gasteiger partial charge in [0.1, 0.15) is 11.1 Å². The molecule has 0 radical (unpaired) electrons. The normalized spacial score (nSPS) is 13.9. The van der Waals surface area contributed by atoms with Gasteiger partial charge in [-0.15, -0.1) is 0 Å². The van der Waals surface area contributed by atoms with Crippen LogP contribution in [0.3, 0.4) is 0 Å². The highest BCUT2D eigenvalue weighted by molar-refractivity contribution is 5.97. The summed E-state index contributed by atoms with van der Waals surface area (Å²) in [6.45, 7) is 1.02. The lowest BCUT2D eigenvalue weighted by molar-refractivity contribution is -0.117. The lowest BCUT2D eigenvalue weighted by Crippen LogP contribution is -2.28. The molecule has 2 amide bonds. The Morgan fingerprint density at radius 3 is 2.59 bits per heavy atom. The number of anilines is 1. The number of para-hydroxylation sites is 1. The van der Waals surface area contributed by atoms with Gasteiger partial charge in [-0.25, -0.2) is 4.79 Å². The van der Waals surface area contributed by atoms with E-state index in [2.05, 4.69) is 5.32 Å². The van der Waals surface area contributed by atoms with Gasteiger partial charge in [-0.3, -0.25) is 9.59 Å². The number of hydrogen-bond donors (Lipinski definition) is 1. The first kappa shape index (κ1) is 17.0. The summed E-state index contributed by atoms with van der Waals surface area (Å²) in [5.41, 5.74) is 1.51. The second-order valence-corrected chi connectivity index (χ2v) is 6.48. The maximum Gasteiger partial charge on any atom is 0.349 e. The predicted molar refractivity (Wildman–Crippen MR) is 102 cm³/mol. The molecule has 1 aliphatic rings. The number of nitrogens with zero attached hydrogens (tertiary/aromatic N) is 1. The zero-order chi connectivity index (χ0) is 18.8. The van der Waals surface area contributed by atoms with Gasteiger partial charge in [0.05, 0.1) is 0 Å². The molecule has 1 aliphatic heterocycles. The Bertz CT molecular complexity index is 1070. The smallest absolute Gasteiger partial charge is 0.349 e. The monoisotopic (exact) mass is 362 g/mol. The average molecular weight is 362 g/mol. The maximum atomic E-state index is 12.4. The molecule has 1 fully saturated rings. The van der Waals surface area contributed by atoms with Crippen LogP contribution in [0.4, 0.5) is 5.69 Å².